The molecule has 0 fully saturated rings. The lowest BCUT2D eigenvalue weighted by molar-refractivity contribution is 1.57. The van der Waals surface area contributed by atoms with Crippen molar-refractivity contribution in [1.29, 1.82) is 0 Å². The standard InChI is InChI=1S/C17H14/c1-15(17-13-6-3-7-14-17)9-8-12-16-10-4-2-5-11-16/h2-7,9-11,13-14H,1H3/b15-9-. The maximum absolute atomic E-state index is 3.12. The van der Waals surface area contributed by atoms with Gasteiger partial charge in [-0.15, -0.1) is 0 Å². The minimum Gasteiger partial charge on any atom is -0.0693 e. The van der Waals surface area contributed by atoms with Crippen LogP contribution in [0.4, 0.5) is 0 Å². The van der Waals surface area contributed by atoms with Crippen LogP contribution in [0.25, 0.3) is 5.57 Å². The van der Waals surface area contributed by atoms with Gasteiger partial charge in [0.1, 0.15) is 0 Å². The maximum atomic E-state index is 3.12. The summed E-state index contributed by atoms with van der Waals surface area (Å²) >= 11 is 0. The van der Waals surface area contributed by atoms with Gasteiger partial charge >= 0.3 is 0 Å². The van der Waals surface area contributed by atoms with E-state index in [1.165, 1.54) is 11.1 Å². The van der Waals surface area contributed by atoms with Crippen LogP contribution in [0, 0.1) is 11.8 Å². The van der Waals surface area contributed by atoms with Crippen molar-refractivity contribution in [3.63, 3.8) is 0 Å². The van der Waals surface area contributed by atoms with Crippen LogP contribution in [0.15, 0.2) is 66.7 Å². The van der Waals surface area contributed by atoms with Crippen LogP contribution in [0.5, 0.6) is 0 Å². The van der Waals surface area contributed by atoms with Crippen molar-refractivity contribution in [2.24, 2.45) is 0 Å². The van der Waals surface area contributed by atoms with Crippen LogP contribution in [0.2, 0.25) is 0 Å². The minimum absolute atomic E-state index is 1.05. The Morgan fingerprint density at radius 3 is 2.12 bits per heavy atom. The van der Waals surface area contributed by atoms with E-state index in [9.17, 15) is 0 Å². The molecule has 82 valence electrons. The minimum atomic E-state index is 1.05. The Labute approximate surface area is 103 Å². The van der Waals surface area contributed by atoms with Crippen molar-refractivity contribution in [2.75, 3.05) is 0 Å². The largest absolute Gasteiger partial charge is 0.0693 e. The number of rotatable bonds is 1. The Bertz CT molecular complexity index is 551. The third-order valence-electron chi connectivity index (χ3n) is 2.51. The quantitative estimate of drug-likeness (QED) is 0.631. The maximum Gasteiger partial charge on any atom is 0.0248 e. The third kappa shape index (κ3) is 3.36. The summed E-state index contributed by atoms with van der Waals surface area (Å²) in [6, 6.07) is 20.3. The zero-order valence-corrected chi connectivity index (χ0v) is 9.85. The van der Waals surface area contributed by atoms with Crippen molar-refractivity contribution in [3.05, 3.63) is 77.9 Å². The molecule has 17 heavy (non-hydrogen) atoms. The highest BCUT2D eigenvalue weighted by Crippen LogP contribution is 2.11. The molecule has 0 heteroatoms. The third-order valence-corrected chi connectivity index (χ3v) is 2.51. The van der Waals surface area contributed by atoms with Gasteiger partial charge < -0.3 is 0 Å². The van der Waals surface area contributed by atoms with Crippen LogP contribution in [-0.4, -0.2) is 0 Å². The molecule has 0 nitrogen and oxygen atoms in total. The van der Waals surface area contributed by atoms with Gasteiger partial charge in [-0.2, -0.15) is 0 Å². The molecule has 0 atom stereocenters. The summed E-state index contributed by atoms with van der Waals surface area (Å²) in [6.07, 6.45) is 1.96. The number of hydrogen-bond acceptors (Lipinski definition) is 0. The fourth-order valence-corrected chi connectivity index (χ4v) is 1.53. The van der Waals surface area contributed by atoms with E-state index in [1.807, 2.05) is 54.6 Å². The zero-order chi connectivity index (χ0) is 11.9. The van der Waals surface area contributed by atoms with Gasteiger partial charge in [-0.05, 0) is 36.3 Å². The first kappa shape index (κ1) is 11.2. The Morgan fingerprint density at radius 2 is 1.47 bits per heavy atom. The van der Waals surface area contributed by atoms with Crippen molar-refractivity contribution in [3.8, 4) is 11.8 Å². The molecular formula is C17H14. The molecule has 0 amide bonds. The van der Waals surface area contributed by atoms with Crippen molar-refractivity contribution < 1.29 is 0 Å². The van der Waals surface area contributed by atoms with Gasteiger partial charge in [0.25, 0.3) is 0 Å². The number of hydrogen-bond donors (Lipinski definition) is 0. The predicted octanol–water partition coefficient (Wildman–Crippen LogP) is 4.14. The van der Waals surface area contributed by atoms with Gasteiger partial charge in [0.05, 0.1) is 0 Å². The lowest BCUT2D eigenvalue weighted by Crippen LogP contribution is -1.76. The van der Waals surface area contributed by atoms with E-state index in [0.29, 0.717) is 0 Å². The lowest BCUT2D eigenvalue weighted by Gasteiger charge is -1.97. The summed E-state index contributed by atoms with van der Waals surface area (Å²) < 4.78 is 0. The summed E-state index contributed by atoms with van der Waals surface area (Å²) in [5.41, 5.74) is 3.45. The van der Waals surface area contributed by atoms with Crippen LogP contribution >= 0.6 is 0 Å². The zero-order valence-electron chi connectivity index (χ0n) is 9.85. The Balaban J connectivity index is 2.15. The molecule has 0 saturated heterocycles. The molecular weight excluding hydrogens is 204 g/mol. The monoisotopic (exact) mass is 218 g/mol. The van der Waals surface area contributed by atoms with Gasteiger partial charge in [0.2, 0.25) is 0 Å². The van der Waals surface area contributed by atoms with Gasteiger partial charge in [0.15, 0.2) is 0 Å². The molecule has 0 spiro atoms. The molecule has 0 heterocycles. The Hall–Kier alpha value is -2.26. The molecule has 0 aromatic heterocycles. The molecule has 0 N–H and O–H groups in total. The van der Waals surface area contributed by atoms with Crippen LogP contribution in [0.1, 0.15) is 18.1 Å². The number of allylic oxidation sites excluding steroid dienone is 2. The highest BCUT2D eigenvalue weighted by Gasteiger charge is 1.90. The average Bonchev–Trinajstić information content (AvgIpc) is 2.41. The molecule has 0 bridgehead atoms. The van der Waals surface area contributed by atoms with E-state index in [2.05, 4.69) is 30.9 Å². The molecule has 0 saturated carbocycles. The van der Waals surface area contributed by atoms with E-state index in [1.54, 1.807) is 0 Å². The first-order valence-electron chi connectivity index (χ1n) is 5.65. The Kier molecular flexibility index (Phi) is 3.78. The predicted molar refractivity (Wildman–Crippen MR) is 73.4 cm³/mol. The summed E-state index contributed by atoms with van der Waals surface area (Å²) in [7, 11) is 0. The fraction of sp³-hybridized carbons (Fsp3) is 0.0588. The summed E-state index contributed by atoms with van der Waals surface area (Å²) in [4.78, 5) is 0. The highest BCUT2D eigenvalue weighted by atomic mass is 14.0. The van der Waals surface area contributed by atoms with Gasteiger partial charge in [0, 0.05) is 5.56 Å². The second-order valence-electron chi connectivity index (χ2n) is 3.83. The smallest absolute Gasteiger partial charge is 0.0248 e. The van der Waals surface area contributed by atoms with Crippen molar-refractivity contribution >= 4 is 5.57 Å². The van der Waals surface area contributed by atoms with Crippen LogP contribution < -0.4 is 0 Å². The molecule has 2 rings (SSSR count). The van der Waals surface area contributed by atoms with Crippen molar-refractivity contribution in [2.45, 2.75) is 6.92 Å². The van der Waals surface area contributed by atoms with Crippen molar-refractivity contribution in [1.82, 2.24) is 0 Å². The Morgan fingerprint density at radius 1 is 0.882 bits per heavy atom. The summed E-state index contributed by atoms with van der Waals surface area (Å²) in [6.45, 7) is 2.08. The second kappa shape index (κ2) is 5.72. The van der Waals surface area contributed by atoms with Gasteiger partial charge in [-0.1, -0.05) is 60.4 Å². The van der Waals surface area contributed by atoms with Gasteiger partial charge in [-0.3, -0.25) is 0 Å². The molecule has 0 radical (unpaired) electrons. The van der Waals surface area contributed by atoms with Gasteiger partial charge in [-0.25, -0.2) is 0 Å². The number of benzene rings is 2. The van der Waals surface area contributed by atoms with E-state index in [0.717, 1.165) is 5.56 Å². The first-order chi connectivity index (χ1) is 8.36. The van der Waals surface area contributed by atoms with Crippen LogP contribution in [-0.2, 0) is 0 Å². The lowest BCUT2D eigenvalue weighted by atomic mass is 10.1. The van der Waals surface area contributed by atoms with E-state index >= 15 is 0 Å². The normalized spacial score (nSPS) is 10.5. The second-order valence-corrected chi connectivity index (χ2v) is 3.83. The summed E-state index contributed by atoms with van der Waals surface area (Å²) in [5.74, 6) is 6.21. The van der Waals surface area contributed by atoms with E-state index in [4.69, 9.17) is 0 Å². The first-order valence-corrected chi connectivity index (χ1v) is 5.65. The van der Waals surface area contributed by atoms with Crippen LogP contribution in [0.3, 0.4) is 0 Å². The molecule has 0 aliphatic heterocycles. The molecule has 2 aromatic rings. The van der Waals surface area contributed by atoms with E-state index < -0.39 is 0 Å². The molecule has 2 aromatic carbocycles. The molecule has 0 aliphatic rings. The average molecular weight is 218 g/mol. The SMILES string of the molecule is C/C(=C/C#Cc1ccccc1)c1ccccc1. The van der Waals surface area contributed by atoms with E-state index in [-0.39, 0.29) is 0 Å². The topological polar surface area (TPSA) is 0 Å². The summed E-state index contributed by atoms with van der Waals surface area (Å²) in [5, 5.41) is 0. The molecule has 0 unspecified atom stereocenters. The highest BCUT2D eigenvalue weighted by molar-refractivity contribution is 5.66. The molecule has 0 aliphatic carbocycles. The fourth-order valence-electron chi connectivity index (χ4n) is 1.53.